The first-order valence-corrected chi connectivity index (χ1v) is 7.39. The van der Waals surface area contributed by atoms with Crippen LogP contribution < -0.4 is 15.6 Å². The van der Waals surface area contributed by atoms with E-state index in [9.17, 15) is 18.0 Å². The summed E-state index contributed by atoms with van der Waals surface area (Å²) in [6.45, 7) is -0.1000. The molecule has 7 nitrogen and oxygen atoms in total. The third kappa shape index (κ3) is 2.47. The molecule has 0 saturated carbocycles. The van der Waals surface area contributed by atoms with E-state index in [1.807, 2.05) is 0 Å². The molecule has 2 heterocycles. The topological polar surface area (TPSA) is 113 Å². The van der Waals surface area contributed by atoms with E-state index in [0.717, 1.165) is 4.90 Å². The van der Waals surface area contributed by atoms with Crippen LogP contribution in [0.2, 0.25) is 0 Å². The quantitative estimate of drug-likeness (QED) is 0.760. The lowest BCUT2D eigenvalue weighted by Gasteiger charge is -2.15. The first-order valence-electron chi connectivity index (χ1n) is 4.99. The highest BCUT2D eigenvalue weighted by Gasteiger charge is 2.38. The molecule has 1 amide bonds. The summed E-state index contributed by atoms with van der Waals surface area (Å²) in [5, 5.41) is 4.04. The number of hydrogen-bond acceptors (Lipinski definition) is 4. The number of anilines is 1. The van der Waals surface area contributed by atoms with Gasteiger partial charge in [-0.25, -0.2) is 13.6 Å². The van der Waals surface area contributed by atoms with Crippen molar-refractivity contribution in [2.45, 2.75) is 11.7 Å². The van der Waals surface area contributed by atoms with Gasteiger partial charge in [-0.1, -0.05) is 0 Å². The average molecular weight is 336 g/mol. The van der Waals surface area contributed by atoms with Gasteiger partial charge in [0.1, 0.15) is 10.9 Å². The maximum atomic E-state index is 11.7. The van der Waals surface area contributed by atoms with Gasteiger partial charge in [-0.2, -0.15) is 0 Å². The SMILES string of the molecule is NS(=O)(=O)C1CC(=O)N(c2cc(Br)c[nH]c2=O)C1. The molecule has 0 radical (unpaired) electrons. The summed E-state index contributed by atoms with van der Waals surface area (Å²) in [4.78, 5) is 26.9. The minimum atomic E-state index is -3.79. The molecule has 18 heavy (non-hydrogen) atoms. The van der Waals surface area contributed by atoms with Crippen molar-refractivity contribution in [1.82, 2.24) is 4.98 Å². The number of halogens is 1. The third-order valence-corrected chi connectivity index (χ3v) is 4.40. The molecule has 1 aliphatic rings. The summed E-state index contributed by atoms with van der Waals surface area (Å²) in [5.41, 5.74) is -0.345. The summed E-state index contributed by atoms with van der Waals surface area (Å²) in [7, 11) is -3.79. The number of rotatable bonds is 2. The van der Waals surface area contributed by atoms with E-state index < -0.39 is 26.7 Å². The first kappa shape index (κ1) is 13.2. The number of H-pyrrole nitrogens is 1. The molecule has 0 bridgehead atoms. The minimum absolute atomic E-state index is 0.1000. The van der Waals surface area contributed by atoms with Gasteiger partial charge >= 0.3 is 0 Å². The number of pyridine rings is 1. The highest BCUT2D eigenvalue weighted by atomic mass is 79.9. The Morgan fingerprint density at radius 2 is 2.11 bits per heavy atom. The van der Waals surface area contributed by atoms with E-state index in [-0.39, 0.29) is 18.7 Å². The van der Waals surface area contributed by atoms with Crippen molar-refractivity contribution in [2.75, 3.05) is 11.4 Å². The molecule has 98 valence electrons. The van der Waals surface area contributed by atoms with Crippen molar-refractivity contribution in [2.24, 2.45) is 5.14 Å². The molecule has 1 aromatic heterocycles. The van der Waals surface area contributed by atoms with Crippen LogP contribution in [0.25, 0.3) is 0 Å². The molecular formula is C9H10BrN3O4S. The number of nitrogens with zero attached hydrogens (tertiary/aromatic N) is 1. The Morgan fingerprint density at radius 3 is 2.67 bits per heavy atom. The van der Waals surface area contributed by atoms with Crippen LogP contribution in [-0.2, 0) is 14.8 Å². The third-order valence-electron chi connectivity index (χ3n) is 2.69. The van der Waals surface area contributed by atoms with Crippen molar-refractivity contribution in [3.05, 3.63) is 27.1 Å². The Morgan fingerprint density at radius 1 is 1.44 bits per heavy atom. The van der Waals surface area contributed by atoms with Crippen LogP contribution in [0.1, 0.15) is 6.42 Å². The van der Waals surface area contributed by atoms with Crippen LogP contribution >= 0.6 is 15.9 Å². The fraction of sp³-hybridized carbons (Fsp3) is 0.333. The predicted molar refractivity (Wildman–Crippen MR) is 68.6 cm³/mol. The molecular weight excluding hydrogens is 326 g/mol. The number of sulfonamides is 1. The number of primary sulfonamides is 1. The summed E-state index contributed by atoms with van der Waals surface area (Å²) in [6.07, 6.45) is 1.23. The van der Waals surface area contributed by atoms with E-state index in [2.05, 4.69) is 20.9 Å². The molecule has 1 aromatic rings. The largest absolute Gasteiger partial charge is 0.326 e. The summed E-state index contributed by atoms with van der Waals surface area (Å²) in [5.74, 6) is -0.433. The van der Waals surface area contributed by atoms with Crippen molar-refractivity contribution in [3.8, 4) is 0 Å². The summed E-state index contributed by atoms with van der Waals surface area (Å²) >= 11 is 3.17. The van der Waals surface area contributed by atoms with Gasteiger partial charge in [0, 0.05) is 23.6 Å². The zero-order valence-electron chi connectivity index (χ0n) is 9.09. The summed E-state index contributed by atoms with van der Waals surface area (Å²) < 4.78 is 23.0. The van der Waals surface area contributed by atoms with Gasteiger partial charge in [0.05, 0.1) is 0 Å². The van der Waals surface area contributed by atoms with Gasteiger partial charge in [-0.15, -0.1) is 0 Å². The summed E-state index contributed by atoms with van der Waals surface area (Å²) in [6, 6.07) is 1.46. The highest BCUT2D eigenvalue weighted by Crippen LogP contribution is 2.23. The fourth-order valence-corrected chi connectivity index (χ4v) is 2.84. The van der Waals surface area contributed by atoms with Crippen LogP contribution in [0, 0.1) is 0 Å². The van der Waals surface area contributed by atoms with Gasteiger partial charge < -0.3 is 9.88 Å². The number of amides is 1. The standard InChI is InChI=1S/C9H10BrN3O4S/c10-5-1-7(9(15)12-3-5)13-4-6(2-8(13)14)18(11,16)17/h1,3,6H,2,4H2,(H,12,15)(H2,11,16,17). The maximum Gasteiger partial charge on any atom is 0.271 e. The lowest BCUT2D eigenvalue weighted by atomic mass is 10.4. The van der Waals surface area contributed by atoms with Gasteiger partial charge in [0.15, 0.2) is 0 Å². The zero-order valence-corrected chi connectivity index (χ0v) is 11.5. The number of nitrogens with one attached hydrogen (secondary N) is 1. The molecule has 1 atom stereocenters. The van der Waals surface area contributed by atoms with E-state index in [1.165, 1.54) is 12.3 Å². The van der Waals surface area contributed by atoms with Crippen LogP contribution in [0.15, 0.2) is 21.5 Å². The normalized spacial score (nSPS) is 20.4. The van der Waals surface area contributed by atoms with Crippen LogP contribution in [0.3, 0.4) is 0 Å². The predicted octanol–water partition coefficient (Wildman–Crippen LogP) is -0.469. The van der Waals surface area contributed by atoms with E-state index >= 15 is 0 Å². The monoisotopic (exact) mass is 335 g/mol. The van der Waals surface area contributed by atoms with Crippen LogP contribution in [-0.4, -0.2) is 31.1 Å². The van der Waals surface area contributed by atoms with Gasteiger partial charge in [0.2, 0.25) is 15.9 Å². The lowest BCUT2D eigenvalue weighted by Crippen LogP contribution is -2.34. The molecule has 1 unspecified atom stereocenters. The lowest BCUT2D eigenvalue weighted by molar-refractivity contribution is -0.117. The highest BCUT2D eigenvalue weighted by molar-refractivity contribution is 9.10. The van der Waals surface area contributed by atoms with Gasteiger partial charge in [-0.05, 0) is 22.0 Å². The van der Waals surface area contributed by atoms with Crippen LogP contribution in [0.4, 0.5) is 5.69 Å². The Hall–Kier alpha value is -1.19. The second-order valence-electron chi connectivity index (χ2n) is 3.95. The number of carbonyl (C=O) groups is 1. The minimum Gasteiger partial charge on any atom is -0.326 e. The van der Waals surface area contributed by atoms with Crippen molar-refractivity contribution < 1.29 is 13.2 Å². The Bertz CT molecular complexity index is 654. The molecule has 0 aromatic carbocycles. The van der Waals surface area contributed by atoms with Crippen LogP contribution in [0.5, 0.6) is 0 Å². The van der Waals surface area contributed by atoms with Gasteiger partial charge in [-0.3, -0.25) is 9.59 Å². The Labute approximate surface area is 111 Å². The molecule has 9 heteroatoms. The number of aromatic amines is 1. The second-order valence-corrected chi connectivity index (χ2v) is 6.71. The molecule has 3 N–H and O–H groups in total. The fourth-order valence-electron chi connectivity index (χ4n) is 1.77. The molecule has 0 spiro atoms. The molecule has 0 aliphatic carbocycles. The zero-order chi connectivity index (χ0) is 13.5. The number of nitrogens with two attached hydrogens (primary N) is 1. The number of aromatic nitrogens is 1. The maximum absolute atomic E-state index is 11.7. The van der Waals surface area contributed by atoms with Crippen molar-refractivity contribution >= 4 is 37.5 Å². The van der Waals surface area contributed by atoms with Crippen molar-refractivity contribution in [3.63, 3.8) is 0 Å². The molecule has 2 rings (SSSR count). The second kappa shape index (κ2) is 4.48. The Kier molecular flexibility index (Phi) is 3.30. The van der Waals surface area contributed by atoms with E-state index in [4.69, 9.17) is 5.14 Å². The van der Waals surface area contributed by atoms with Gasteiger partial charge in [0.25, 0.3) is 5.56 Å². The average Bonchev–Trinajstić information content (AvgIpc) is 2.64. The molecule has 1 fully saturated rings. The van der Waals surface area contributed by atoms with E-state index in [0.29, 0.717) is 4.47 Å². The first-order chi connectivity index (χ1) is 8.29. The van der Waals surface area contributed by atoms with E-state index in [1.54, 1.807) is 0 Å². The number of carbonyl (C=O) groups excluding carboxylic acids is 1. The Balaban J connectivity index is 2.39. The molecule has 1 saturated heterocycles. The smallest absolute Gasteiger partial charge is 0.271 e. The molecule has 1 aliphatic heterocycles. The van der Waals surface area contributed by atoms with Crippen molar-refractivity contribution in [1.29, 1.82) is 0 Å². The number of hydrogen-bond donors (Lipinski definition) is 2.